The fraction of sp³-hybridized carbons (Fsp3) is 0.125. The Hall–Kier alpha value is -4.33. The smallest absolute Gasteiger partial charge is 0.300 e. The predicted molar refractivity (Wildman–Crippen MR) is 117 cm³/mol. The zero-order valence-corrected chi connectivity index (χ0v) is 17.4. The van der Waals surface area contributed by atoms with E-state index in [-0.39, 0.29) is 34.1 Å². The minimum absolute atomic E-state index is 0.122. The Balaban J connectivity index is 2.03. The molecule has 3 aromatic rings. The molecule has 1 aliphatic heterocycles. The molecule has 0 spiro atoms. The molecule has 1 atom stereocenters. The number of hydrogen-bond donors (Lipinski definition) is 2. The maximum absolute atomic E-state index is 13.2. The Kier molecular flexibility index (Phi) is 5.51. The number of methoxy groups -OCH3 is 2. The first-order valence-electron chi connectivity index (χ1n) is 9.70. The zero-order valence-electron chi connectivity index (χ0n) is 17.4. The van der Waals surface area contributed by atoms with E-state index < -0.39 is 23.5 Å². The van der Waals surface area contributed by atoms with Gasteiger partial charge in [-0.15, -0.1) is 0 Å². The van der Waals surface area contributed by atoms with E-state index in [4.69, 9.17) is 9.47 Å². The van der Waals surface area contributed by atoms with Gasteiger partial charge in [-0.25, -0.2) is 0 Å². The number of rotatable bonds is 5. The molecular formula is C24H20N2O6. The van der Waals surface area contributed by atoms with Gasteiger partial charge in [-0.3, -0.25) is 19.5 Å². The molecule has 2 aromatic carbocycles. The van der Waals surface area contributed by atoms with E-state index in [0.717, 1.165) is 4.90 Å². The fourth-order valence-corrected chi connectivity index (χ4v) is 3.79. The number of carbonyl (C=O) groups is 2. The topological polar surface area (TPSA) is 109 Å². The quantitative estimate of drug-likeness (QED) is 0.361. The van der Waals surface area contributed by atoms with Crippen LogP contribution in [0.4, 0.5) is 5.69 Å². The number of carbonyl (C=O) groups excluding carboxylic acids is 2. The van der Waals surface area contributed by atoms with Gasteiger partial charge in [-0.05, 0) is 36.4 Å². The number of para-hydroxylation sites is 2. The molecule has 0 aliphatic carbocycles. The molecule has 1 unspecified atom stereocenters. The van der Waals surface area contributed by atoms with Gasteiger partial charge < -0.3 is 19.7 Å². The maximum atomic E-state index is 13.2. The Morgan fingerprint density at radius 1 is 0.938 bits per heavy atom. The standard InChI is InChI=1S/C24H20N2O6/c1-31-17-11-7-12-18(32-2)19(17)22(28)20-21(14-8-5-6-13-25-14)26(24(30)23(20)29)15-9-3-4-10-16(15)27/h3-13,21,27-28H,1-2H3/b22-20+. The third-order valence-electron chi connectivity index (χ3n) is 5.22. The van der Waals surface area contributed by atoms with Crippen LogP contribution in [0.15, 0.2) is 72.4 Å². The van der Waals surface area contributed by atoms with E-state index in [0.29, 0.717) is 5.69 Å². The summed E-state index contributed by atoms with van der Waals surface area (Å²) in [6.45, 7) is 0. The van der Waals surface area contributed by atoms with Gasteiger partial charge in [0.1, 0.15) is 34.6 Å². The SMILES string of the molecule is COc1cccc(OC)c1/C(O)=C1\C(=O)C(=O)N(c2ccccc2O)C1c1ccccn1. The lowest BCUT2D eigenvalue weighted by Gasteiger charge is -2.25. The van der Waals surface area contributed by atoms with Crippen molar-refractivity contribution in [3.63, 3.8) is 0 Å². The summed E-state index contributed by atoms with van der Waals surface area (Å²) in [5.74, 6) is -1.96. The van der Waals surface area contributed by atoms with Gasteiger partial charge in [-0.2, -0.15) is 0 Å². The fourth-order valence-electron chi connectivity index (χ4n) is 3.79. The van der Waals surface area contributed by atoms with E-state index in [1.54, 1.807) is 48.5 Å². The van der Waals surface area contributed by atoms with Crippen LogP contribution in [0, 0.1) is 0 Å². The predicted octanol–water partition coefficient (Wildman–Crippen LogP) is 3.43. The van der Waals surface area contributed by atoms with Crippen LogP contribution in [-0.2, 0) is 9.59 Å². The molecule has 1 saturated heterocycles. The molecular weight excluding hydrogens is 412 g/mol. The molecule has 0 saturated carbocycles. The number of aromatic hydroxyl groups is 1. The van der Waals surface area contributed by atoms with E-state index >= 15 is 0 Å². The molecule has 0 radical (unpaired) electrons. The molecule has 162 valence electrons. The minimum atomic E-state index is -1.08. The summed E-state index contributed by atoms with van der Waals surface area (Å²) in [6, 6.07) is 15.0. The van der Waals surface area contributed by atoms with Crippen molar-refractivity contribution in [2.24, 2.45) is 0 Å². The van der Waals surface area contributed by atoms with Gasteiger partial charge in [0, 0.05) is 6.20 Å². The van der Waals surface area contributed by atoms with Crippen molar-refractivity contribution < 1.29 is 29.3 Å². The number of aromatic nitrogens is 1. The number of hydrogen-bond acceptors (Lipinski definition) is 7. The monoisotopic (exact) mass is 432 g/mol. The van der Waals surface area contributed by atoms with E-state index in [1.807, 2.05) is 0 Å². The molecule has 2 N–H and O–H groups in total. The molecule has 8 heteroatoms. The summed E-state index contributed by atoms with van der Waals surface area (Å²) >= 11 is 0. The first-order valence-corrected chi connectivity index (χ1v) is 9.70. The number of ether oxygens (including phenoxy) is 2. The second-order valence-electron chi connectivity index (χ2n) is 6.95. The Morgan fingerprint density at radius 3 is 2.19 bits per heavy atom. The van der Waals surface area contributed by atoms with Crippen molar-refractivity contribution in [3.8, 4) is 17.2 Å². The third-order valence-corrected chi connectivity index (χ3v) is 5.22. The molecule has 0 bridgehead atoms. The average molecular weight is 432 g/mol. The highest BCUT2D eigenvalue weighted by atomic mass is 16.5. The number of pyridine rings is 1. The number of aliphatic hydroxyl groups is 1. The number of anilines is 1. The second kappa shape index (κ2) is 8.43. The summed E-state index contributed by atoms with van der Waals surface area (Å²) in [5.41, 5.74) is 0.398. The summed E-state index contributed by atoms with van der Waals surface area (Å²) in [4.78, 5) is 31.8. The van der Waals surface area contributed by atoms with E-state index in [9.17, 15) is 19.8 Å². The maximum Gasteiger partial charge on any atom is 0.300 e. The molecule has 1 fully saturated rings. The zero-order chi connectivity index (χ0) is 22.8. The normalized spacial score (nSPS) is 17.4. The van der Waals surface area contributed by atoms with Crippen LogP contribution < -0.4 is 14.4 Å². The summed E-state index contributed by atoms with van der Waals surface area (Å²) in [5, 5.41) is 21.7. The number of benzene rings is 2. The largest absolute Gasteiger partial charge is 0.506 e. The number of phenols is 1. The number of amides is 1. The molecule has 2 heterocycles. The van der Waals surface area contributed by atoms with Crippen LogP contribution in [0.2, 0.25) is 0 Å². The molecule has 8 nitrogen and oxygen atoms in total. The highest BCUT2D eigenvalue weighted by Crippen LogP contribution is 2.46. The lowest BCUT2D eigenvalue weighted by atomic mass is 9.97. The number of ketones is 1. The van der Waals surface area contributed by atoms with Gasteiger partial charge in [-0.1, -0.05) is 24.3 Å². The highest BCUT2D eigenvalue weighted by molar-refractivity contribution is 6.52. The summed E-state index contributed by atoms with van der Waals surface area (Å²) < 4.78 is 10.7. The molecule has 1 amide bonds. The van der Waals surface area contributed by atoms with Crippen LogP contribution in [0.1, 0.15) is 17.3 Å². The molecule has 4 rings (SSSR count). The van der Waals surface area contributed by atoms with Crippen LogP contribution in [0.5, 0.6) is 17.2 Å². The lowest BCUT2D eigenvalue weighted by molar-refractivity contribution is -0.132. The van der Waals surface area contributed by atoms with E-state index in [1.165, 1.54) is 32.5 Å². The first-order chi connectivity index (χ1) is 15.5. The third kappa shape index (κ3) is 3.31. The van der Waals surface area contributed by atoms with Crippen molar-refractivity contribution in [2.45, 2.75) is 6.04 Å². The van der Waals surface area contributed by atoms with Crippen LogP contribution in [0.25, 0.3) is 5.76 Å². The van der Waals surface area contributed by atoms with Gasteiger partial charge >= 0.3 is 0 Å². The van der Waals surface area contributed by atoms with Crippen molar-refractivity contribution in [2.75, 3.05) is 19.1 Å². The van der Waals surface area contributed by atoms with Gasteiger partial charge in [0.05, 0.1) is 31.2 Å². The number of nitrogens with zero attached hydrogens (tertiary/aromatic N) is 2. The van der Waals surface area contributed by atoms with Crippen LogP contribution in [-0.4, -0.2) is 41.1 Å². The number of aliphatic hydroxyl groups excluding tert-OH is 1. The average Bonchev–Trinajstić information content (AvgIpc) is 3.09. The summed E-state index contributed by atoms with van der Waals surface area (Å²) in [7, 11) is 2.84. The Morgan fingerprint density at radius 2 is 1.59 bits per heavy atom. The van der Waals surface area contributed by atoms with Crippen molar-refractivity contribution in [1.82, 2.24) is 4.98 Å². The first kappa shape index (κ1) is 20.9. The summed E-state index contributed by atoms with van der Waals surface area (Å²) in [6.07, 6.45) is 1.52. The number of phenolic OH excluding ortho intramolecular Hbond substituents is 1. The van der Waals surface area contributed by atoms with Crippen molar-refractivity contribution in [3.05, 3.63) is 83.7 Å². The van der Waals surface area contributed by atoms with Gasteiger partial charge in [0.2, 0.25) is 0 Å². The van der Waals surface area contributed by atoms with Crippen molar-refractivity contribution in [1.29, 1.82) is 0 Å². The molecule has 1 aliphatic rings. The second-order valence-corrected chi connectivity index (χ2v) is 6.95. The molecule has 1 aromatic heterocycles. The van der Waals surface area contributed by atoms with Gasteiger partial charge in [0.25, 0.3) is 11.7 Å². The van der Waals surface area contributed by atoms with Crippen molar-refractivity contribution >= 4 is 23.1 Å². The van der Waals surface area contributed by atoms with E-state index in [2.05, 4.69) is 4.98 Å². The Bertz CT molecular complexity index is 1200. The minimum Gasteiger partial charge on any atom is -0.506 e. The van der Waals surface area contributed by atoms with Gasteiger partial charge in [0.15, 0.2) is 0 Å². The van der Waals surface area contributed by atoms with Crippen LogP contribution >= 0.6 is 0 Å². The Labute approximate surface area is 184 Å². The molecule has 32 heavy (non-hydrogen) atoms. The van der Waals surface area contributed by atoms with Crippen LogP contribution in [0.3, 0.4) is 0 Å². The lowest BCUT2D eigenvalue weighted by Crippen LogP contribution is -2.29. The number of Topliss-reactive ketones (excluding diaryl/α,β-unsaturated/α-hetero) is 1. The highest BCUT2D eigenvalue weighted by Gasteiger charge is 2.48.